The number of esters is 1. The van der Waals surface area contributed by atoms with Crippen molar-refractivity contribution in [3.63, 3.8) is 0 Å². The van der Waals surface area contributed by atoms with E-state index in [9.17, 15) is 9.59 Å². The lowest BCUT2D eigenvalue weighted by Crippen LogP contribution is -2.43. The zero-order valence-corrected chi connectivity index (χ0v) is 18.7. The molecule has 1 aromatic carbocycles. The van der Waals surface area contributed by atoms with Crippen LogP contribution in [0.2, 0.25) is 0 Å². The summed E-state index contributed by atoms with van der Waals surface area (Å²) >= 11 is 0. The van der Waals surface area contributed by atoms with Crippen LogP contribution in [0.5, 0.6) is 0 Å². The second kappa shape index (κ2) is 9.96. The van der Waals surface area contributed by atoms with E-state index in [1.165, 1.54) is 7.11 Å². The number of piperidine rings is 1. The predicted molar refractivity (Wildman–Crippen MR) is 116 cm³/mol. The van der Waals surface area contributed by atoms with Crippen LogP contribution in [-0.4, -0.2) is 65.3 Å². The van der Waals surface area contributed by atoms with Crippen molar-refractivity contribution in [2.24, 2.45) is 0 Å². The van der Waals surface area contributed by atoms with E-state index in [0.29, 0.717) is 31.8 Å². The third kappa shape index (κ3) is 6.55. The van der Waals surface area contributed by atoms with Crippen molar-refractivity contribution in [3.8, 4) is 11.1 Å². The van der Waals surface area contributed by atoms with Crippen LogP contribution in [0.3, 0.4) is 0 Å². The summed E-state index contributed by atoms with van der Waals surface area (Å²) in [6.07, 6.45) is 5.25. The lowest BCUT2D eigenvalue weighted by Gasteiger charge is -2.33. The molecule has 31 heavy (non-hydrogen) atoms. The second-order valence-corrected chi connectivity index (χ2v) is 8.60. The van der Waals surface area contributed by atoms with Crippen LogP contribution in [0.4, 0.5) is 4.79 Å². The van der Waals surface area contributed by atoms with Crippen LogP contribution >= 0.6 is 0 Å². The molecule has 0 spiro atoms. The maximum absolute atomic E-state index is 12.1. The molecule has 8 nitrogen and oxygen atoms in total. The Morgan fingerprint density at radius 2 is 1.77 bits per heavy atom. The molecule has 1 aromatic heterocycles. The molecular formula is C23H31N3O5. The first-order chi connectivity index (χ1) is 14.7. The Morgan fingerprint density at radius 3 is 2.39 bits per heavy atom. The molecule has 1 saturated heterocycles. The molecule has 0 bridgehead atoms. The number of hydrogen-bond acceptors (Lipinski definition) is 6. The van der Waals surface area contributed by atoms with Gasteiger partial charge in [-0.25, -0.2) is 9.59 Å². The standard InChI is InChI=1S/C23H31N3O5/c1-23(2,3)31-22(28)25-11-9-20(10-12-25)30-14-13-26-16-19(15-24-26)17-5-7-18(8-6-17)21(27)29-4/h5-8,15-16,20H,9-14H2,1-4H3. The van der Waals surface area contributed by atoms with E-state index in [1.54, 1.807) is 23.2 Å². The van der Waals surface area contributed by atoms with Gasteiger partial charge in [-0.15, -0.1) is 0 Å². The van der Waals surface area contributed by atoms with Crippen molar-refractivity contribution in [3.05, 3.63) is 42.2 Å². The summed E-state index contributed by atoms with van der Waals surface area (Å²) in [4.78, 5) is 25.4. The number of hydrogen-bond donors (Lipinski definition) is 0. The normalized spacial score (nSPS) is 15.0. The number of aromatic nitrogens is 2. The van der Waals surface area contributed by atoms with Crippen molar-refractivity contribution in [2.75, 3.05) is 26.8 Å². The molecule has 1 aliphatic rings. The molecule has 0 N–H and O–H groups in total. The van der Waals surface area contributed by atoms with Gasteiger partial charge in [-0.1, -0.05) is 12.1 Å². The van der Waals surface area contributed by atoms with E-state index in [1.807, 2.05) is 43.8 Å². The molecule has 1 amide bonds. The topological polar surface area (TPSA) is 82.9 Å². The fourth-order valence-electron chi connectivity index (χ4n) is 3.40. The number of rotatable bonds is 6. The first-order valence-corrected chi connectivity index (χ1v) is 10.6. The van der Waals surface area contributed by atoms with Crippen LogP contribution < -0.4 is 0 Å². The molecule has 2 aromatic rings. The molecule has 1 aliphatic heterocycles. The highest BCUT2D eigenvalue weighted by atomic mass is 16.6. The van der Waals surface area contributed by atoms with Gasteiger partial charge in [0.1, 0.15) is 5.60 Å². The highest BCUT2D eigenvalue weighted by Crippen LogP contribution is 2.20. The largest absolute Gasteiger partial charge is 0.465 e. The zero-order chi connectivity index (χ0) is 22.4. The number of ether oxygens (including phenoxy) is 3. The lowest BCUT2D eigenvalue weighted by molar-refractivity contribution is -0.0135. The van der Waals surface area contributed by atoms with Gasteiger partial charge in [0, 0.05) is 24.8 Å². The first kappa shape index (κ1) is 22.8. The summed E-state index contributed by atoms with van der Waals surface area (Å²) < 4.78 is 18.0. The van der Waals surface area contributed by atoms with E-state index < -0.39 is 5.60 Å². The molecule has 0 saturated carbocycles. The molecule has 0 atom stereocenters. The zero-order valence-electron chi connectivity index (χ0n) is 18.7. The smallest absolute Gasteiger partial charge is 0.410 e. The first-order valence-electron chi connectivity index (χ1n) is 10.6. The lowest BCUT2D eigenvalue weighted by atomic mass is 10.1. The van der Waals surface area contributed by atoms with E-state index in [4.69, 9.17) is 14.2 Å². The number of amides is 1. The molecule has 0 aliphatic carbocycles. The van der Waals surface area contributed by atoms with Gasteiger partial charge in [0.05, 0.1) is 38.1 Å². The molecule has 1 fully saturated rings. The Morgan fingerprint density at radius 1 is 1.10 bits per heavy atom. The minimum Gasteiger partial charge on any atom is -0.465 e. The Hall–Kier alpha value is -2.87. The van der Waals surface area contributed by atoms with Gasteiger partial charge in [0.15, 0.2) is 0 Å². The summed E-state index contributed by atoms with van der Waals surface area (Å²) in [6.45, 7) is 8.11. The van der Waals surface area contributed by atoms with Gasteiger partial charge in [-0.05, 0) is 51.3 Å². The van der Waals surface area contributed by atoms with Crippen LogP contribution in [-0.2, 0) is 20.8 Å². The molecule has 2 heterocycles. The molecule has 0 radical (unpaired) electrons. The quantitative estimate of drug-likeness (QED) is 0.651. The molecular weight excluding hydrogens is 398 g/mol. The molecule has 8 heteroatoms. The second-order valence-electron chi connectivity index (χ2n) is 8.60. The fourth-order valence-corrected chi connectivity index (χ4v) is 3.40. The van der Waals surface area contributed by atoms with Crippen LogP contribution in [0, 0.1) is 0 Å². The number of methoxy groups -OCH3 is 1. The van der Waals surface area contributed by atoms with E-state index in [0.717, 1.165) is 24.0 Å². The van der Waals surface area contributed by atoms with E-state index in [-0.39, 0.29) is 18.2 Å². The molecule has 0 unspecified atom stereocenters. The SMILES string of the molecule is COC(=O)c1ccc(-c2cnn(CCOC3CCN(C(=O)OC(C)(C)C)CC3)c2)cc1. The number of nitrogens with zero attached hydrogens (tertiary/aromatic N) is 3. The van der Waals surface area contributed by atoms with Crippen molar-refractivity contribution >= 4 is 12.1 Å². The fraction of sp³-hybridized carbons (Fsp3) is 0.522. The molecule has 3 rings (SSSR count). The number of carbonyl (C=O) groups excluding carboxylic acids is 2. The van der Waals surface area contributed by atoms with Crippen molar-refractivity contribution in [2.45, 2.75) is 51.9 Å². The summed E-state index contributed by atoms with van der Waals surface area (Å²) in [5.74, 6) is -0.351. The van der Waals surface area contributed by atoms with Crippen molar-refractivity contribution in [1.29, 1.82) is 0 Å². The van der Waals surface area contributed by atoms with Gasteiger partial charge in [-0.3, -0.25) is 4.68 Å². The summed E-state index contributed by atoms with van der Waals surface area (Å²) in [5, 5.41) is 4.39. The van der Waals surface area contributed by atoms with Crippen LogP contribution in [0.25, 0.3) is 11.1 Å². The van der Waals surface area contributed by atoms with E-state index >= 15 is 0 Å². The van der Waals surface area contributed by atoms with Crippen molar-refractivity contribution < 1.29 is 23.8 Å². The third-order valence-corrected chi connectivity index (χ3v) is 5.04. The third-order valence-electron chi connectivity index (χ3n) is 5.04. The van der Waals surface area contributed by atoms with Gasteiger partial charge >= 0.3 is 12.1 Å². The Balaban J connectivity index is 1.42. The van der Waals surface area contributed by atoms with Gasteiger partial charge < -0.3 is 19.1 Å². The Labute approximate surface area is 183 Å². The van der Waals surface area contributed by atoms with Crippen molar-refractivity contribution in [1.82, 2.24) is 14.7 Å². The minimum atomic E-state index is -0.476. The maximum Gasteiger partial charge on any atom is 0.410 e. The highest BCUT2D eigenvalue weighted by Gasteiger charge is 2.27. The molecule has 168 valence electrons. The van der Waals surface area contributed by atoms with Gasteiger partial charge in [0.2, 0.25) is 0 Å². The Bertz CT molecular complexity index is 877. The average Bonchev–Trinajstić information content (AvgIpc) is 3.21. The maximum atomic E-state index is 12.1. The van der Waals surface area contributed by atoms with Gasteiger partial charge in [-0.2, -0.15) is 5.10 Å². The summed E-state index contributed by atoms with van der Waals surface area (Å²) in [6, 6.07) is 7.24. The number of likely N-dealkylation sites (tertiary alicyclic amines) is 1. The minimum absolute atomic E-state index is 0.139. The van der Waals surface area contributed by atoms with Crippen LogP contribution in [0.15, 0.2) is 36.7 Å². The van der Waals surface area contributed by atoms with Crippen LogP contribution in [0.1, 0.15) is 44.0 Å². The summed E-state index contributed by atoms with van der Waals surface area (Å²) in [5.41, 5.74) is 2.00. The number of benzene rings is 1. The van der Waals surface area contributed by atoms with Gasteiger partial charge in [0.25, 0.3) is 0 Å². The predicted octanol–water partition coefficient (Wildman–Crippen LogP) is 3.75. The van der Waals surface area contributed by atoms with E-state index in [2.05, 4.69) is 5.10 Å². The average molecular weight is 430 g/mol. The Kier molecular flexibility index (Phi) is 7.33. The number of carbonyl (C=O) groups is 2. The highest BCUT2D eigenvalue weighted by molar-refractivity contribution is 5.89. The monoisotopic (exact) mass is 429 g/mol. The summed E-state index contributed by atoms with van der Waals surface area (Å²) in [7, 11) is 1.37.